The van der Waals surface area contributed by atoms with E-state index in [1.807, 2.05) is 19.9 Å². The summed E-state index contributed by atoms with van der Waals surface area (Å²) in [4.78, 5) is 24.6. The number of rotatable bonds is 2. The summed E-state index contributed by atoms with van der Waals surface area (Å²) in [6.07, 6.45) is 11.2. The SMILES string of the molecule is CC1(C)CC2=C3C=C[C@]4(C)[C@@H](C(=O)CO)CC[C@H]4[C@@H]3CCC2=CC1=O. The third kappa shape index (κ3) is 2.35. The molecule has 1 saturated carbocycles. The monoisotopic (exact) mass is 340 g/mol. The van der Waals surface area contributed by atoms with E-state index in [2.05, 4.69) is 19.1 Å². The zero-order valence-corrected chi connectivity index (χ0v) is 15.5. The van der Waals surface area contributed by atoms with Gasteiger partial charge in [0.25, 0.3) is 0 Å². The highest BCUT2D eigenvalue weighted by Crippen LogP contribution is 2.60. The number of aliphatic hydroxyl groups excluding tert-OH is 1. The molecule has 4 aliphatic carbocycles. The van der Waals surface area contributed by atoms with E-state index in [-0.39, 0.29) is 34.9 Å². The Kier molecular flexibility index (Phi) is 3.74. The van der Waals surface area contributed by atoms with Crippen molar-refractivity contribution >= 4 is 11.6 Å². The Hall–Kier alpha value is -1.48. The fourth-order valence-corrected chi connectivity index (χ4v) is 5.91. The Bertz CT molecular complexity index is 736. The average molecular weight is 340 g/mol. The molecule has 0 bridgehead atoms. The van der Waals surface area contributed by atoms with Crippen molar-refractivity contribution in [2.75, 3.05) is 6.61 Å². The molecule has 1 fully saturated rings. The van der Waals surface area contributed by atoms with Crippen LogP contribution in [0.15, 0.2) is 34.9 Å². The minimum absolute atomic E-state index is 0.00783. The summed E-state index contributed by atoms with van der Waals surface area (Å²) in [6.45, 7) is 5.95. The molecule has 3 nitrogen and oxygen atoms in total. The maximum absolute atomic E-state index is 12.3. The topological polar surface area (TPSA) is 54.4 Å². The number of Topliss-reactive ketones (excluding diaryl/α,β-unsaturated/α-hetero) is 1. The number of carbonyl (C=O) groups excluding carboxylic acids is 2. The number of hydrogen-bond acceptors (Lipinski definition) is 3. The smallest absolute Gasteiger partial charge is 0.162 e. The first-order valence-corrected chi connectivity index (χ1v) is 9.59. The van der Waals surface area contributed by atoms with Gasteiger partial charge < -0.3 is 5.11 Å². The molecule has 0 amide bonds. The number of aliphatic hydroxyl groups is 1. The summed E-state index contributed by atoms with van der Waals surface area (Å²) in [5, 5.41) is 9.35. The molecule has 0 aromatic carbocycles. The number of ketones is 2. The highest BCUT2D eigenvalue weighted by Gasteiger charge is 2.53. The Morgan fingerprint density at radius 2 is 2.00 bits per heavy atom. The number of carbonyl (C=O) groups is 2. The van der Waals surface area contributed by atoms with Gasteiger partial charge in [-0.05, 0) is 72.2 Å². The summed E-state index contributed by atoms with van der Waals surface area (Å²) in [7, 11) is 0. The van der Waals surface area contributed by atoms with Gasteiger partial charge in [-0.25, -0.2) is 0 Å². The van der Waals surface area contributed by atoms with E-state index in [9.17, 15) is 14.7 Å². The molecule has 0 spiro atoms. The Morgan fingerprint density at radius 1 is 1.24 bits per heavy atom. The van der Waals surface area contributed by atoms with Crippen LogP contribution in [-0.2, 0) is 9.59 Å². The van der Waals surface area contributed by atoms with Crippen molar-refractivity contribution in [3.63, 3.8) is 0 Å². The molecule has 0 heterocycles. The fourth-order valence-electron chi connectivity index (χ4n) is 5.91. The quantitative estimate of drug-likeness (QED) is 0.832. The van der Waals surface area contributed by atoms with Crippen LogP contribution in [0.5, 0.6) is 0 Å². The number of fused-ring (bicyclic) bond motifs is 4. The van der Waals surface area contributed by atoms with E-state index in [1.54, 1.807) is 0 Å². The van der Waals surface area contributed by atoms with Crippen LogP contribution in [-0.4, -0.2) is 23.3 Å². The Morgan fingerprint density at radius 3 is 2.72 bits per heavy atom. The van der Waals surface area contributed by atoms with Crippen LogP contribution in [0, 0.1) is 28.6 Å². The highest BCUT2D eigenvalue weighted by molar-refractivity contribution is 5.97. The summed E-state index contributed by atoms with van der Waals surface area (Å²) in [5.74, 6) is 1.16. The first kappa shape index (κ1) is 17.0. The van der Waals surface area contributed by atoms with Gasteiger partial charge in [0.05, 0.1) is 0 Å². The predicted octanol–water partition coefficient (Wildman–Crippen LogP) is 3.78. The van der Waals surface area contributed by atoms with E-state index in [0.29, 0.717) is 11.8 Å². The van der Waals surface area contributed by atoms with Crippen molar-refractivity contribution < 1.29 is 14.7 Å². The molecule has 0 unspecified atom stereocenters. The molecular weight excluding hydrogens is 312 g/mol. The molecule has 3 heteroatoms. The predicted molar refractivity (Wildman–Crippen MR) is 96.8 cm³/mol. The summed E-state index contributed by atoms with van der Waals surface area (Å²) < 4.78 is 0. The third-order valence-corrected chi connectivity index (χ3v) is 7.42. The lowest BCUT2D eigenvalue weighted by Crippen LogP contribution is -2.40. The fraction of sp³-hybridized carbons (Fsp3) is 0.636. The summed E-state index contributed by atoms with van der Waals surface area (Å²) in [6, 6.07) is 0. The molecule has 1 N–H and O–H groups in total. The largest absolute Gasteiger partial charge is 0.389 e. The van der Waals surface area contributed by atoms with Crippen LogP contribution < -0.4 is 0 Å². The minimum Gasteiger partial charge on any atom is -0.389 e. The Labute approximate surface area is 149 Å². The van der Waals surface area contributed by atoms with Crippen LogP contribution in [0.25, 0.3) is 0 Å². The second-order valence-corrected chi connectivity index (χ2v) is 9.23. The van der Waals surface area contributed by atoms with E-state index in [0.717, 1.165) is 32.1 Å². The molecular formula is C22H28O3. The van der Waals surface area contributed by atoms with Crippen molar-refractivity contribution in [1.82, 2.24) is 0 Å². The zero-order valence-electron chi connectivity index (χ0n) is 15.5. The molecule has 0 saturated heterocycles. The highest BCUT2D eigenvalue weighted by atomic mass is 16.3. The number of hydrogen-bond donors (Lipinski definition) is 1. The first-order valence-electron chi connectivity index (χ1n) is 9.59. The first-order chi connectivity index (χ1) is 11.8. The molecule has 0 aromatic heterocycles. The third-order valence-electron chi connectivity index (χ3n) is 7.42. The van der Waals surface area contributed by atoms with Crippen LogP contribution in [0.3, 0.4) is 0 Å². The average Bonchev–Trinajstić information content (AvgIpc) is 2.92. The van der Waals surface area contributed by atoms with Crippen LogP contribution in [0.4, 0.5) is 0 Å². The molecule has 0 aromatic rings. The standard InChI is InChI=1S/C22H28O3/c1-21(2)11-16-13(10-20(21)25)4-5-15-14(16)8-9-22(3)17(15)6-7-18(22)19(24)12-23/h8-10,15,17-18,23H,4-7,11-12H2,1-3H3/t15-,17+,18-,22+/m1/s1. The van der Waals surface area contributed by atoms with Gasteiger partial charge in [0.1, 0.15) is 6.61 Å². The molecule has 134 valence electrons. The maximum atomic E-state index is 12.3. The lowest BCUT2D eigenvalue weighted by molar-refractivity contribution is -0.128. The zero-order chi connectivity index (χ0) is 18.0. The lowest BCUT2D eigenvalue weighted by Gasteiger charge is -2.46. The van der Waals surface area contributed by atoms with Gasteiger partial charge in [-0.15, -0.1) is 0 Å². The van der Waals surface area contributed by atoms with E-state index in [4.69, 9.17) is 0 Å². The molecule has 25 heavy (non-hydrogen) atoms. The van der Waals surface area contributed by atoms with Crippen molar-refractivity contribution in [2.24, 2.45) is 28.6 Å². The van der Waals surface area contributed by atoms with Gasteiger partial charge in [-0.3, -0.25) is 9.59 Å². The minimum atomic E-state index is -0.345. The van der Waals surface area contributed by atoms with Gasteiger partial charge in [-0.1, -0.05) is 32.9 Å². The van der Waals surface area contributed by atoms with Gasteiger partial charge in [0.2, 0.25) is 0 Å². The van der Waals surface area contributed by atoms with Gasteiger partial charge in [0, 0.05) is 11.3 Å². The van der Waals surface area contributed by atoms with E-state index >= 15 is 0 Å². The summed E-state index contributed by atoms with van der Waals surface area (Å²) >= 11 is 0. The van der Waals surface area contributed by atoms with Crippen LogP contribution >= 0.6 is 0 Å². The van der Waals surface area contributed by atoms with Crippen LogP contribution in [0.2, 0.25) is 0 Å². The van der Waals surface area contributed by atoms with E-state index in [1.165, 1.54) is 16.7 Å². The molecule has 4 atom stereocenters. The van der Waals surface area contributed by atoms with Crippen molar-refractivity contribution in [3.05, 3.63) is 34.9 Å². The molecule has 4 aliphatic rings. The molecule has 4 rings (SSSR count). The second-order valence-electron chi connectivity index (χ2n) is 9.23. The van der Waals surface area contributed by atoms with Gasteiger partial charge in [-0.2, -0.15) is 0 Å². The van der Waals surface area contributed by atoms with Crippen LogP contribution in [0.1, 0.15) is 52.9 Å². The summed E-state index contributed by atoms with van der Waals surface area (Å²) in [5.41, 5.74) is 3.60. The van der Waals surface area contributed by atoms with Gasteiger partial charge in [0.15, 0.2) is 11.6 Å². The lowest BCUT2D eigenvalue weighted by atomic mass is 9.57. The van der Waals surface area contributed by atoms with Gasteiger partial charge >= 0.3 is 0 Å². The second kappa shape index (κ2) is 5.51. The normalized spacial score (nSPS) is 38.8. The van der Waals surface area contributed by atoms with Crippen molar-refractivity contribution in [1.29, 1.82) is 0 Å². The van der Waals surface area contributed by atoms with E-state index < -0.39 is 0 Å². The number of allylic oxidation sites excluding steroid dienone is 6. The molecule has 0 radical (unpaired) electrons. The Balaban J connectivity index is 1.78. The van der Waals surface area contributed by atoms with Crippen molar-refractivity contribution in [3.8, 4) is 0 Å². The maximum Gasteiger partial charge on any atom is 0.162 e. The van der Waals surface area contributed by atoms with Crippen molar-refractivity contribution in [2.45, 2.75) is 52.9 Å². The molecule has 0 aliphatic heterocycles.